The molecule has 0 aromatic carbocycles. The van der Waals surface area contributed by atoms with Crippen molar-refractivity contribution in [2.24, 2.45) is 5.73 Å². The number of rotatable bonds is 7. The minimum atomic E-state index is -0.0780. The Kier molecular flexibility index (Phi) is 5.70. The van der Waals surface area contributed by atoms with Gasteiger partial charge in [-0.2, -0.15) is 5.10 Å². The number of hydrogen-bond donors (Lipinski definition) is 1. The molecule has 0 aliphatic carbocycles. The highest BCUT2D eigenvalue weighted by Gasteiger charge is 2.16. The topological polar surface area (TPSA) is 66.0 Å². The van der Waals surface area contributed by atoms with E-state index in [9.17, 15) is 0 Å². The van der Waals surface area contributed by atoms with E-state index in [1.165, 1.54) is 0 Å². The Labute approximate surface area is 127 Å². The smallest absolute Gasteiger partial charge is 0.0694 e. The first kappa shape index (κ1) is 15.2. The lowest BCUT2D eigenvalue weighted by molar-refractivity contribution is 0.182. The van der Waals surface area contributed by atoms with Crippen LogP contribution in [0.3, 0.4) is 0 Å². The number of hydrogen-bond acceptors (Lipinski definition) is 4. The van der Waals surface area contributed by atoms with Crippen molar-refractivity contribution in [2.45, 2.75) is 25.4 Å². The van der Waals surface area contributed by atoms with Crippen LogP contribution in [0.5, 0.6) is 0 Å². The van der Waals surface area contributed by atoms with Crippen molar-refractivity contribution in [2.75, 3.05) is 13.7 Å². The minimum absolute atomic E-state index is 0.0780. The maximum absolute atomic E-state index is 6.30. The van der Waals surface area contributed by atoms with Gasteiger partial charge in [-0.05, 0) is 40.9 Å². The predicted molar refractivity (Wildman–Crippen MR) is 81.3 cm³/mol. The van der Waals surface area contributed by atoms with E-state index in [0.29, 0.717) is 13.2 Å². The molecule has 0 radical (unpaired) electrons. The van der Waals surface area contributed by atoms with Crippen LogP contribution in [0.15, 0.2) is 35.1 Å². The summed E-state index contributed by atoms with van der Waals surface area (Å²) in [7, 11) is 1.68. The molecule has 108 valence electrons. The van der Waals surface area contributed by atoms with Gasteiger partial charge in [0, 0.05) is 25.0 Å². The van der Waals surface area contributed by atoms with E-state index >= 15 is 0 Å². The lowest BCUT2D eigenvalue weighted by Crippen LogP contribution is -2.19. The van der Waals surface area contributed by atoms with E-state index in [4.69, 9.17) is 10.5 Å². The standard InChI is InChI=1S/C14H19BrN4O/c1-20-9-8-19-14(12(15)10-18-19)13(16)6-5-11-4-2-3-7-17-11/h2-4,7,10,13H,5-6,8-9,16H2,1H3. The van der Waals surface area contributed by atoms with Gasteiger partial charge in [0.15, 0.2) is 0 Å². The average Bonchev–Trinajstić information content (AvgIpc) is 2.84. The van der Waals surface area contributed by atoms with Crippen molar-refractivity contribution in [3.8, 4) is 0 Å². The summed E-state index contributed by atoms with van der Waals surface area (Å²) in [6.07, 6.45) is 5.27. The molecular formula is C14H19BrN4O. The minimum Gasteiger partial charge on any atom is -0.383 e. The van der Waals surface area contributed by atoms with Crippen molar-refractivity contribution in [1.82, 2.24) is 14.8 Å². The molecule has 2 N–H and O–H groups in total. The third-order valence-corrected chi connectivity index (χ3v) is 3.74. The lowest BCUT2D eigenvalue weighted by atomic mass is 10.1. The molecule has 1 atom stereocenters. The Morgan fingerprint density at radius 3 is 3.00 bits per heavy atom. The molecule has 2 rings (SSSR count). The predicted octanol–water partition coefficient (Wildman–Crippen LogP) is 2.32. The zero-order valence-corrected chi connectivity index (χ0v) is 13.1. The van der Waals surface area contributed by atoms with E-state index < -0.39 is 0 Å². The van der Waals surface area contributed by atoms with Gasteiger partial charge >= 0.3 is 0 Å². The molecule has 0 saturated carbocycles. The Hall–Kier alpha value is -1.24. The molecule has 0 bridgehead atoms. The van der Waals surface area contributed by atoms with Gasteiger partial charge in [-0.15, -0.1) is 0 Å². The van der Waals surface area contributed by atoms with E-state index in [1.807, 2.05) is 22.9 Å². The van der Waals surface area contributed by atoms with Crippen LogP contribution in [0.25, 0.3) is 0 Å². The fourth-order valence-electron chi connectivity index (χ4n) is 2.08. The zero-order valence-electron chi connectivity index (χ0n) is 11.5. The number of nitrogens with two attached hydrogens (primary N) is 1. The van der Waals surface area contributed by atoms with Gasteiger partial charge in [-0.1, -0.05) is 6.07 Å². The van der Waals surface area contributed by atoms with Crippen molar-refractivity contribution >= 4 is 15.9 Å². The van der Waals surface area contributed by atoms with E-state index in [0.717, 1.165) is 28.7 Å². The van der Waals surface area contributed by atoms with Crippen molar-refractivity contribution in [3.63, 3.8) is 0 Å². The fourth-order valence-corrected chi connectivity index (χ4v) is 2.67. The van der Waals surface area contributed by atoms with Gasteiger partial charge in [0.05, 0.1) is 29.5 Å². The highest BCUT2D eigenvalue weighted by atomic mass is 79.9. The maximum atomic E-state index is 6.30. The number of ether oxygens (including phenoxy) is 1. The van der Waals surface area contributed by atoms with Crippen LogP contribution in [0, 0.1) is 0 Å². The van der Waals surface area contributed by atoms with Crippen LogP contribution >= 0.6 is 15.9 Å². The molecule has 0 spiro atoms. The first-order chi connectivity index (χ1) is 9.72. The third kappa shape index (κ3) is 3.88. The Bertz CT molecular complexity index is 529. The van der Waals surface area contributed by atoms with Crippen LogP contribution in [0.4, 0.5) is 0 Å². The molecule has 0 amide bonds. The van der Waals surface area contributed by atoms with Crippen LogP contribution in [0.1, 0.15) is 23.9 Å². The van der Waals surface area contributed by atoms with Crippen molar-refractivity contribution in [3.05, 3.63) is 46.5 Å². The zero-order chi connectivity index (χ0) is 14.4. The number of nitrogens with zero attached hydrogens (tertiary/aromatic N) is 3. The summed E-state index contributed by atoms with van der Waals surface area (Å²) in [5.41, 5.74) is 8.37. The van der Waals surface area contributed by atoms with Gasteiger partial charge in [-0.25, -0.2) is 0 Å². The third-order valence-electron chi connectivity index (χ3n) is 3.13. The number of pyridine rings is 1. The van der Waals surface area contributed by atoms with Gasteiger partial charge in [0.25, 0.3) is 0 Å². The van der Waals surface area contributed by atoms with E-state index in [-0.39, 0.29) is 6.04 Å². The van der Waals surface area contributed by atoms with Gasteiger partial charge in [-0.3, -0.25) is 9.67 Å². The SMILES string of the molecule is COCCn1ncc(Br)c1C(N)CCc1ccccn1. The molecule has 2 aromatic rings. The molecular weight excluding hydrogens is 320 g/mol. The van der Waals surface area contributed by atoms with Gasteiger partial charge in [0.1, 0.15) is 0 Å². The molecule has 0 saturated heterocycles. The monoisotopic (exact) mass is 338 g/mol. The molecule has 1 unspecified atom stereocenters. The quantitative estimate of drug-likeness (QED) is 0.841. The van der Waals surface area contributed by atoms with Gasteiger partial charge < -0.3 is 10.5 Å². The van der Waals surface area contributed by atoms with Crippen molar-refractivity contribution < 1.29 is 4.74 Å². The molecule has 5 nitrogen and oxygen atoms in total. The Balaban J connectivity index is 2.01. The fraction of sp³-hybridized carbons (Fsp3) is 0.429. The first-order valence-corrected chi connectivity index (χ1v) is 7.37. The summed E-state index contributed by atoms with van der Waals surface area (Å²) in [5, 5.41) is 4.32. The maximum Gasteiger partial charge on any atom is 0.0694 e. The van der Waals surface area contributed by atoms with Crippen LogP contribution in [0.2, 0.25) is 0 Å². The molecule has 6 heteroatoms. The Morgan fingerprint density at radius 2 is 2.30 bits per heavy atom. The summed E-state index contributed by atoms with van der Waals surface area (Å²) < 4.78 is 7.94. The molecule has 0 aliphatic heterocycles. The van der Waals surface area contributed by atoms with Crippen LogP contribution < -0.4 is 5.73 Å². The normalized spacial score (nSPS) is 12.6. The van der Waals surface area contributed by atoms with Crippen LogP contribution in [-0.2, 0) is 17.7 Å². The number of methoxy groups -OCH3 is 1. The molecule has 0 fully saturated rings. The number of aromatic nitrogens is 3. The summed E-state index contributed by atoms with van der Waals surface area (Å²) in [4.78, 5) is 4.32. The first-order valence-electron chi connectivity index (χ1n) is 6.58. The van der Waals surface area contributed by atoms with Crippen LogP contribution in [-0.4, -0.2) is 28.5 Å². The van der Waals surface area contributed by atoms with Crippen molar-refractivity contribution in [1.29, 1.82) is 0 Å². The number of aryl methyl sites for hydroxylation is 1. The van der Waals surface area contributed by atoms with Gasteiger partial charge in [0.2, 0.25) is 0 Å². The highest BCUT2D eigenvalue weighted by molar-refractivity contribution is 9.10. The molecule has 0 aliphatic rings. The van der Waals surface area contributed by atoms with E-state index in [2.05, 4.69) is 26.0 Å². The molecule has 2 heterocycles. The molecule has 20 heavy (non-hydrogen) atoms. The summed E-state index contributed by atoms with van der Waals surface area (Å²) in [6, 6.07) is 5.85. The van der Waals surface area contributed by atoms with E-state index in [1.54, 1.807) is 19.5 Å². The highest BCUT2D eigenvalue weighted by Crippen LogP contribution is 2.24. The second-order valence-corrected chi connectivity index (χ2v) is 5.41. The Morgan fingerprint density at radius 1 is 1.45 bits per heavy atom. The largest absolute Gasteiger partial charge is 0.383 e. The summed E-state index contributed by atoms with van der Waals surface area (Å²) in [6.45, 7) is 1.32. The average molecular weight is 339 g/mol. The summed E-state index contributed by atoms with van der Waals surface area (Å²) >= 11 is 3.52. The second-order valence-electron chi connectivity index (χ2n) is 4.56. The second kappa shape index (κ2) is 7.52. The molecule has 2 aromatic heterocycles. The number of halogens is 1. The summed E-state index contributed by atoms with van der Waals surface area (Å²) in [5.74, 6) is 0. The lowest BCUT2D eigenvalue weighted by Gasteiger charge is -2.15.